The van der Waals surface area contributed by atoms with Crippen LogP contribution in [0.15, 0.2) is 52.0 Å². The van der Waals surface area contributed by atoms with Crippen molar-refractivity contribution in [2.45, 2.75) is 11.4 Å². The Labute approximate surface area is 104 Å². The Bertz CT molecular complexity index is 576. The zero-order valence-corrected chi connectivity index (χ0v) is 10.3. The van der Waals surface area contributed by atoms with Gasteiger partial charge in [0, 0.05) is 5.02 Å². The summed E-state index contributed by atoms with van der Waals surface area (Å²) in [4.78, 5) is 0.174. The number of benzene rings is 1. The largest absolute Gasteiger partial charge is 0.468 e. The summed E-state index contributed by atoms with van der Waals surface area (Å²) in [6, 6.07) is 9.36. The second-order valence-corrected chi connectivity index (χ2v) is 5.56. The van der Waals surface area contributed by atoms with Crippen molar-refractivity contribution in [3.05, 3.63) is 53.4 Å². The van der Waals surface area contributed by atoms with Crippen LogP contribution >= 0.6 is 11.6 Å². The van der Waals surface area contributed by atoms with Crippen LogP contribution in [0.3, 0.4) is 0 Å². The van der Waals surface area contributed by atoms with Gasteiger partial charge in [0.05, 0.1) is 17.7 Å². The lowest BCUT2D eigenvalue weighted by Crippen LogP contribution is -2.22. The van der Waals surface area contributed by atoms with Crippen LogP contribution in [0.2, 0.25) is 5.02 Å². The lowest BCUT2D eigenvalue weighted by molar-refractivity contribution is 0.498. The Hall–Kier alpha value is -1.30. The minimum absolute atomic E-state index is 0.123. The van der Waals surface area contributed by atoms with Crippen LogP contribution < -0.4 is 4.72 Å². The number of halogens is 1. The van der Waals surface area contributed by atoms with E-state index in [0.717, 1.165) is 0 Å². The predicted octanol–water partition coefficient (Wildman–Crippen LogP) is 2.41. The molecule has 0 saturated carbocycles. The molecule has 0 amide bonds. The van der Waals surface area contributed by atoms with Gasteiger partial charge in [0.2, 0.25) is 10.0 Å². The summed E-state index contributed by atoms with van der Waals surface area (Å²) in [6.45, 7) is 0.123. The third kappa shape index (κ3) is 3.09. The maximum absolute atomic E-state index is 11.8. The van der Waals surface area contributed by atoms with E-state index in [0.29, 0.717) is 10.8 Å². The molecule has 0 aliphatic carbocycles. The van der Waals surface area contributed by atoms with Gasteiger partial charge in [0.15, 0.2) is 0 Å². The molecule has 90 valence electrons. The zero-order chi connectivity index (χ0) is 12.3. The van der Waals surface area contributed by atoms with Gasteiger partial charge < -0.3 is 4.42 Å². The van der Waals surface area contributed by atoms with E-state index in [9.17, 15) is 8.42 Å². The van der Waals surface area contributed by atoms with E-state index in [-0.39, 0.29) is 11.4 Å². The molecule has 6 heteroatoms. The SMILES string of the molecule is O=S(=O)(NCc1ccco1)c1ccc(Cl)cc1. The van der Waals surface area contributed by atoms with E-state index in [1.165, 1.54) is 30.5 Å². The minimum atomic E-state index is -3.52. The normalized spacial score (nSPS) is 11.6. The second kappa shape index (κ2) is 4.91. The van der Waals surface area contributed by atoms with Crippen LogP contribution in [0.1, 0.15) is 5.76 Å². The first kappa shape index (κ1) is 12.2. The molecular weight excluding hydrogens is 262 g/mol. The Morgan fingerprint density at radius 3 is 2.47 bits per heavy atom. The number of hydrogen-bond acceptors (Lipinski definition) is 3. The van der Waals surface area contributed by atoms with Crippen LogP contribution in [0.4, 0.5) is 0 Å². The quantitative estimate of drug-likeness (QED) is 0.929. The molecule has 17 heavy (non-hydrogen) atoms. The van der Waals surface area contributed by atoms with Gasteiger partial charge in [-0.15, -0.1) is 0 Å². The van der Waals surface area contributed by atoms with E-state index in [4.69, 9.17) is 16.0 Å². The minimum Gasteiger partial charge on any atom is -0.468 e. The van der Waals surface area contributed by atoms with Gasteiger partial charge in [-0.3, -0.25) is 0 Å². The molecule has 1 heterocycles. The smallest absolute Gasteiger partial charge is 0.240 e. The summed E-state index contributed by atoms with van der Waals surface area (Å²) in [6.07, 6.45) is 1.49. The lowest BCUT2D eigenvalue weighted by atomic mass is 10.4. The van der Waals surface area contributed by atoms with Gasteiger partial charge in [-0.2, -0.15) is 0 Å². The van der Waals surface area contributed by atoms with Crippen molar-refractivity contribution in [2.24, 2.45) is 0 Å². The summed E-state index contributed by atoms with van der Waals surface area (Å²) in [5.41, 5.74) is 0. The molecule has 1 aromatic carbocycles. The number of sulfonamides is 1. The maximum atomic E-state index is 11.8. The topological polar surface area (TPSA) is 59.3 Å². The average molecular weight is 272 g/mol. The van der Waals surface area contributed by atoms with E-state index in [1.807, 2.05) is 0 Å². The first-order chi connectivity index (χ1) is 8.08. The van der Waals surface area contributed by atoms with Gasteiger partial charge in [-0.1, -0.05) is 11.6 Å². The Balaban J connectivity index is 2.11. The van der Waals surface area contributed by atoms with Crippen LogP contribution in [-0.2, 0) is 16.6 Å². The van der Waals surface area contributed by atoms with Gasteiger partial charge in [-0.05, 0) is 36.4 Å². The summed E-state index contributed by atoms with van der Waals surface area (Å²) < 4.78 is 31.2. The molecular formula is C11H10ClNO3S. The molecule has 2 rings (SSSR count). The van der Waals surface area contributed by atoms with Crippen molar-refractivity contribution < 1.29 is 12.8 Å². The van der Waals surface area contributed by atoms with Crippen LogP contribution in [-0.4, -0.2) is 8.42 Å². The molecule has 0 radical (unpaired) electrons. The molecule has 4 nitrogen and oxygen atoms in total. The van der Waals surface area contributed by atoms with Crippen molar-refractivity contribution in [1.29, 1.82) is 0 Å². The molecule has 0 bridgehead atoms. The first-order valence-corrected chi connectivity index (χ1v) is 6.72. The van der Waals surface area contributed by atoms with Crippen molar-refractivity contribution in [3.8, 4) is 0 Å². The highest BCUT2D eigenvalue weighted by molar-refractivity contribution is 7.89. The van der Waals surface area contributed by atoms with Gasteiger partial charge in [0.1, 0.15) is 5.76 Å². The number of nitrogens with one attached hydrogen (secondary N) is 1. The van der Waals surface area contributed by atoms with Crippen LogP contribution in [0.25, 0.3) is 0 Å². The van der Waals surface area contributed by atoms with Crippen molar-refractivity contribution in [1.82, 2.24) is 4.72 Å². The Morgan fingerprint density at radius 2 is 1.88 bits per heavy atom. The highest BCUT2D eigenvalue weighted by atomic mass is 35.5. The molecule has 1 N–H and O–H groups in total. The van der Waals surface area contributed by atoms with Crippen molar-refractivity contribution in [3.63, 3.8) is 0 Å². The summed E-state index contributed by atoms with van der Waals surface area (Å²) in [7, 11) is -3.52. The summed E-state index contributed by atoms with van der Waals surface area (Å²) >= 11 is 5.69. The van der Waals surface area contributed by atoms with Gasteiger partial charge >= 0.3 is 0 Å². The molecule has 0 spiro atoms. The highest BCUT2D eigenvalue weighted by Gasteiger charge is 2.13. The van der Waals surface area contributed by atoms with E-state index in [2.05, 4.69) is 4.72 Å². The van der Waals surface area contributed by atoms with Crippen molar-refractivity contribution >= 4 is 21.6 Å². The van der Waals surface area contributed by atoms with Crippen LogP contribution in [0, 0.1) is 0 Å². The third-order valence-corrected chi connectivity index (χ3v) is 3.81. The van der Waals surface area contributed by atoms with E-state index < -0.39 is 10.0 Å². The fourth-order valence-corrected chi connectivity index (χ4v) is 2.40. The number of hydrogen-bond donors (Lipinski definition) is 1. The van der Waals surface area contributed by atoms with Gasteiger partial charge in [0.25, 0.3) is 0 Å². The second-order valence-electron chi connectivity index (χ2n) is 3.36. The predicted molar refractivity (Wildman–Crippen MR) is 64.2 cm³/mol. The molecule has 0 fully saturated rings. The zero-order valence-electron chi connectivity index (χ0n) is 8.76. The molecule has 0 atom stereocenters. The van der Waals surface area contributed by atoms with Crippen LogP contribution in [0.5, 0.6) is 0 Å². The molecule has 2 aromatic rings. The first-order valence-electron chi connectivity index (χ1n) is 4.85. The fourth-order valence-electron chi connectivity index (χ4n) is 1.28. The summed E-state index contributed by atoms with van der Waals surface area (Å²) in [5, 5.41) is 0.495. The highest BCUT2D eigenvalue weighted by Crippen LogP contribution is 2.14. The molecule has 0 saturated heterocycles. The third-order valence-electron chi connectivity index (χ3n) is 2.14. The summed E-state index contributed by atoms with van der Waals surface area (Å²) in [5.74, 6) is 0.558. The standard InChI is InChI=1S/C11H10ClNO3S/c12-9-3-5-11(6-4-9)17(14,15)13-8-10-2-1-7-16-10/h1-7,13H,8H2. The van der Waals surface area contributed by atoms with E-state index in [1.54, 1.807) is 12.1 Å². The Kier molecular flexibility index (Phi) is 3.51. The maximum Gasteiger partial charge on any atom is 0.240 e. The average Bonchev–Trinajstić information content (AvgIpc) is 2.80. The molecule has 0 unspecified atom stereocenters. The number of furan rings is 1. The van der Waals surface area contributed by atoms with Crippen molar-refractivity contribution in [2.75, 3.05) is 0 Å². The van der Waals surface area contributed by atoms with E-state index >= 15 is 0 Å². The fraction of sp³-hybridized carbons (Fsp3) is 0.0909. The number of rotatable bonds is 4. The monoisotopic (exact) mass is 271 g/mol. The van der Waals surface area contributed by atoms with Gasteiger partial charge in [-0.25, -0.2) is 13.1 Å². The molecule has 0 aliphatic rings. The Morgan fingerprint density at radius 1 is 1.18 bits per heavy atom. The lowest BCUT2D eigenvalue weighted by Gasteiger charge is -2.05. The molecule has 0 aliphatic heterocycles. The molecule has 1 aromatic heterocycles.